The number of carbonyl (C=O) groups excluding carboxylic acids is 1. The van der Waals surface area contributed by atoms with Gasteiger partial charge in [-0.05, 0) is 37.5 Å². The number of carbonyl (C=O) groups is 1. The topological polar surface area (TPSA) is 73.6 Å². The second-order valence-corrected chi connectivity index (χ2v) is 5.00. The fourth-order valence-corrected chi connectivity index (χ4v) is 2.00. The van der Waals surface area contributed by atoms with E-state index in [2.05, 4.69) is 19.2 Å². The minimum atomic E-state index is -0.566. The second kappa shape index (κ2) is 8.52. The molecule has 21 heavy (non-hydrogen) atoms. The van der Waals surface area contributed by atoms with Gasteiger partial charge >= 0.3 is 0 Å². The van der Waals surface area contributed by atoms with Crippen LogP contribution < -0.4 is 20.5 Å². The summed E-state index contributed by atoms with van der Waals surface area (Å²) in [4.78, 5) is 12.1. The van der Waals surface area contributed by atoms with Crippen molar-refractivity contribution in [2.45, 2.75) is 52.3 Å². The predicted octanol–water partition coefficient (Wildman–Crippen LogP) is 2.23. The molecule has 1 atom stereocenters. The van der Waals surface area contributed by atoms with Gasteiger partial charge in [0.1, 0.15) is 11.5 Å². The Morgan fingerprint density at radius 1 is 1.24 bits per heavy atom. The molecule has 0 spiro atoms. The van der Waals surface area contributed by atoms with Crippen LogP contribution in [0.4, 0.5) is 0 Å². The molecule has 3 N–H and O–H groups in total. The van der Waals surface area contributed by atoms with Crippen molar-refractivity contribution < 1.29 is 14.3 Å². The van der Waals surface area contributed by atoms with E-state index in [1.165, 1.54) is 0 Å². The van der Waals surface area contributed by atoms with Gasteiger partial charge in [0.2, 0.25) is 0 Å². The maximum absolute atomic E-state index is 12.1. The molecule has 0 fully saturated rings. The summed E-state index contributed by atoms with van der Waals surface area (Å²) >= 11 is 0. The van der Waals surface area contributed by atoms with Gasteiger partial charge in [0.25, 0.3) is 5.91 Å². The average molecular weight is 294 g/mol. The smallest absolute Gasteiger partial charge is 0.260 e. The van der Waals surface area contributed by atoms with Gasteiger partial charge in [-0.15, -0.1) is 0 Å². The number of ether oxygens (including phenoxy) is 2. The maximum atomic E-state index is 12.1. The summed E-state index contributed by atoms with van der Waals surface area (Å²) in [5.74, 6) is 1.14. The lowest BCUT2D eigenvalue weighted by atomic mass is 10.1. The molecule has 0 radical (unpaired) electrons. The molecule has 118 valence electrons. The van der Waals surface area contributed by atoms with E-state index >= 15 is 0 Å². The van der Waals surface area contributed by atoms with Gasteiger partial charge in [-0.1, -0.05) is 13.8 Å². The zero-order chi connectivity index (χ0) is 15.8. The number of nitrogens with two attached hydrogens (primary N) is 1. The van der Waals surface area contributed by atoms with Crippen LogP contribution in [0.5, 0.6) is 11.5 Å². The predicted molar refractivity (Wildman–Crippen MR) is 83.5 cm³/mol. The van der Waals surface area contributed by atoms with Crippen LogP contribution in [0, 0.1) is 0 Å². The summed E-state index contributed by atoms with van der Waals surface area (Å²) in [6.07, 6.45) is 1.25. The van der Waals surface area contributed by atoms with E-state index in [4.69, 9.17) is 15.2 Å². The van der Waals surface area contributed by atoms with Crippen molar-refractivity contribution >= 4 is 5.91 Å². The molecule has 0 aromatic heterocycles. The molecular weight excluding hydrogens is 268 g/mol. The molecular formula is C16H26N2O3. The van der Waals surface area contributed by atoms with Crippen molar-refractivity contribution in [1.82, 2.24) is 5.32 Å². The van der Waals surface area contributed by atoms with E-state index in [1.54, 1.807) is 20.1 Å². The van der Waals surface area contributed by atoms with Crippen LogP contribution in [-0.4, -0.2) is 25.2 Å². The fraction of sp³-hybridized carbons (Fsp3) is 0.562. The van der Waals surface area contributed by atoms with Crippen molar-refractivity contribution in [2.75, 3.05) is 7.11 Å². The van der Waals surface area contributed by atoms with Crippen LogP contribution in [0.15, 0.2) is 18.2 Å². The van der Waals surface area contributed by atoms with E-state index in [0.29, 0.717) is 18.0 Å². The first-order valence-corrected chi connectivity index (χ1v) is 7.39. The van der Waals surface area contributed by atoms with Crippen molar-refractivity contribution in [1.29, 1.82) is 0 Å². The Balaban J connectivity index is 2.73. The van der Waals surface area contributed by atoms with Crippen LogP contribution in [0.1, 0.15) is 39.2 Å². The van der Waals surface area contributed by atoms with Crippen LogP contribution in [0.2, 0.25) is 0 Å². The molecule has 0 saturated heterocycles. The summed E-state index contributed by atoms with van der Waals surface area (Å²) < 4.78 is 10.9. The minimum Gasteiger partial charge on any atom is -0.497 e. The van der Waals surface area contributed by atoms with E-state index in [9.17, 15) is 4.79 Å². The molecule has 5 heteroatoms. The first-order valence-electron chi connectivity index (χ1n) is 7.39. The number of hydrogen-bond donors (Lipinski definition) is 2. The first-order chi connectivity index (χ1) is 10.0. The molecule has 0 aliphatic heterocycles. The SMILES string of the molecule is CCC(CC)NC(=O)C(C)Oc1cc(CN)cc(OC)c1. The fourth-order valence-electron chi connectivity index (χ4n) is 2.00. The minimum absolute atomic E-state index is 0.110. The molecule has 1 rings (SSSR count). The molecule has 5 nitrogen and oxygen atoms in total. The quantitative estimate of drug-likeness (QED) is 0.771. The van der Waals surface area contributed by atoms with E-state index in [0.717, 1.165) is 18.4 Å². The third kappa shape index (κ3) is 5.27. The van der Waals surface area contributed by atoms with Crippen molar-refractivity contribution in [3.63, 3.8) is 0 Å². The van der Waals surface area contributed by atoms with Crippen molar-refractivity contribution in [3.05, 3.63) is 23.8 Å². The molecule has 1 amide bonds. The van der Waals surface area contributed by atoms with E-state index in [-0.39, 0.29) is 11.9 Å². The number of amides is 1. The van der Waals surface area contributed by atoms with Gasteiger partial charge < -0.3 is 20.5 Å². The standard InChI is InChI=1S/C16H26N2O3/c1-5-13(6-2)18-16(19)11(3)21-15-8-12(10-17)7-14(9-15)20-4/h7-9,11,13H,5-6,10,17H2,1-4H3,(H,18,19). The monoisotopic (exact) mass is 294 g/mol. The largest absolute Gasteiger partial charge is 0.497 e. The number of nitrogens with one attached hydrogen (secondary N) is 1. The van der Waals surface area contributed by atoms with Gasteiger partial charge in [-0.2, -0.15) is 0 Å². The second-order valence-electron chi connectivity index (χ2n) is 5.00. The third-order valence-corrected chi connectivity index (χ3v) is 3.43. The highest BCUT2D eigenvalue weighted by molar-refractivity contribution is 5.81. The Labute approximate surface area is 126 Å². The molecule has 0 saturated carbocycles. The highest BCUT2D eigenvalue weighted by atomic mass is 16.5. The lowest BCUT2D eigenvalue weighted by Gasteiger charge is -2.20. The lowest BCUT2D eigenvalue weighted by Crippen LogP contribution is -2.42. The van der Waals surface area contributed by atoms with Crippen LogP contribution in [0.25, 0.3) is 0 Å². The summed E-state index contributed by atoms with van der Waals surface area (Å²) in [7, 11) is 1.59. The summed E-state index contributed by atoms with van der Waals surface area (Å²) in [5.41, 5.74) is 6.54. The Kier molecular flexibility index (Phi) is 7.02. The molecule has 1 aromatic rings. The van der Waals surface area contributed by atoms with Gasteiger partial charge in [0.15, 0.2) is 6.10 Å². The molecule has 0 aliphatic rings. The van der Waals surface area contributed by atoms with E-state index < -0.39 is 6.10 Å². The van der Waals surface area contributed by atoms with Gasteiger partial charge in [0.05, 0.1) is 7.11 Å². The molecule has 0 heterocycles. The summed E-state index contributed by atoms with van der Waals surface area (Å²) in [6, 6.07) is 5.61. The number of benzene rings is 1. The van der Waals surface area contributed by atoms with Crippen molar-refractivity contribution in [2.24, 2.45) is 5.73 Å². The highest BCUT2D eigenvalue weighted by Gasteiger charge is 2.17. The molecule has 0 aliphatic carbocycles. The Hall–Kier alpha value is -1.75. The van der Waals surface area contributed by atoms with Crippen LogP contribution in [0.3, 0.4) is 0 Å². The zero-order valence-electron chi connectivity index (χ0n) is 13.3. The van der Waals surface area contributed by atoms with Crippen molar-refractivity contribution in [3.8, 4) is 11.5 Å². The first kappa shape index (κ1) is 17.3. The van der Waals surface area contributed by atoms with Crippen LogP contribution >= 0.6 is 0 Å². The molecule has 1 aromatic carbocycles. The normalized spacial score (nSPS) is 12.1. The number of methoxy groups -OCH3 is 1. The molecule has 0 bridgehead atoms. The van der Waals surface area contributed by atoms with Gasteiger partial charge in [-0.3, -0.25) is 4.79 Å². The number of rotatable bonds is 8. The number of hydrogen-bond acceptors (Lipinski definition) is 4. The van der Waals surface area contributed by atoms with Gasteiger partial charge in [-0.25, -0.2) is 0 Å². The Bertz CT molecular complexity index is 437. The Morgan fingerprint density at radius 3 is 2.38 bits per heavy atom. The zero-order valence-corrected chi connectivity index (χ0v) is 13.3. The van der Waals surface area contributed by atoms with Crippen LogP contribution in [-0.2, 0) is 11.3 Å². The Morgan fingerprint density at radius 2 is 1.86 bits per heavy atom. The average Bonchev–Trinajstić information content (AvgIpc) is 2.51. The molecule has 1 unspecified atom stereocenters. The lowest BCUT2D eigenvalue weighted by molar-refractivity contribution is -0.128. The van der Waals surface area contributed by atoms with Gasteiger partial charge in [0, 0.05) is 18.7 Å². The summed E-state index contributed by atoms with van der Waals surface area (Å²) in [5, 5.41) is 2.97. The summed E-state index contributed by atoms with van der Waals surface area (Å²) in [6.45, 7) is 6.23. The van der Waals surface area contributed by atoms with E-state index in [1.807, 2.05) is 12.1 Å². The third-order valence-electron chi connectivity index (χ3n) is 3.43. The maximum Gasteiger partial charge on any atom is 0.260 e. The highest BCUT2D eigenvalue weighted by Crippen LogP contribution is 2.23.